The van der Waals surface area contributed by atoms with Gasteiger partial charge in [0.1, 0.15) is 0 Å². The van der Waals surface area contributed by atoms with E-state index in [1.807, 2.05) is 25.1 Å². The summed E-state index contributed by atoms with van der Waals surface area (Å²) in [6.45, 7) is 3.89. The molecule has 2 nitrogen and oxygen atoms in total. The number of halogens is 1. The SMILES string of the molecule is Cc1cc(C(O)CCN2CCc3ccccc32)ccc1Cl. The molecule has 2 aromatic carbocycles. The van der Waals surface area contributed by atoms with E-state index < -0.39 is 6.10 Å². The van der Waals surface area contributed by atoms with Crippen molar-refractivity contribution in [2.75, 3.05) is 18.0 Å². The molecule has 1 heterocycles. The van der Waals surface area contributed by atoms with E-state index in [0.29, 0.717) is 0 Å². The summed E-state index contributed by atoms with van der Waals surface area (Å²) in [6, 6.07) is 14.3. The topological polar surface area (TPSA) is 23.5 Å². The number of aliphatic hydroxyl groups is 1. The molecule has 0 saturated heterocycles. The van der Waals surface area contributed by atoms with E-state index in [1.165, 1.54) is 11.3 Å². The van der Waals surface area contributed by atoms with E-state index >= 15 is 0 Å². The molecule has 21 heavy (non-hydrogen) atoms. The van der Waals surface area contributed by atoms with E-state index in [2.05, 4.69) is 29.2 Å². The molecule has 0 fully saturated rings. The van der Waals surface area contributed by atoms with E-state index in [9.17, 15) is 5.11 Å². The average Bonchev–Trinajstić information content (AvgIpc) is 2.91. The minimum atomic E-state index is -0.436. The van der Waals surface area contributed by atoms with Crippen molar-refractivity contribution in [3.63, 3.8) is 0 Å². The van der Waals surface area contributed by atoms with Gasteiger partial charge in [-0.3, -0.25) is 0 Å². The van der Waals surface area contributed by atoms with Crippen molar-refractivity contribution < 1.29 is 5.11 Å². The predicted molar refractivity (Wildman–Crippen MR) is 88.1 cm³/mol. The van der Waals surface area contributed by atoms with Crippen LogP contribution in [-0.4, -0.2) is 18.2 Å². The number of para-hydroxylation sites is 1. The first-order valence-corrected chi connectivity index (χ1v) is 7.80. The first kappa shape index (κ1) is 14.4. The molecular weight excluding hydrogens is 282 g/mol. The molecule has 0 aromatic heterocycles. The summed E-state index contributed by atoms with van der Waals surface area (Å²) < 4.78 is 0. The maximum atomic E-state index is 10.4. The van der Waals surface area contributed by atoms with Gasteiger partial charge in [0.2, 0.25) is 0 Å². The highest BCUT2D eigenvalue weighted by molar-refractivity contribution is 6.31. The van der Waals surface area contributed by atoms with Crippen LogP contribution in [0.3, 0.4) is 0 Å². The number of fused-ring (bicyclic) bond motifs is 1. The monoisotopic (exact) mass is 301 g/mol. The lowest BCUT2D eigenvalue weighted by atomic mass is 10.0. The zero-order chi connectivity index (χ0) is 14.8. The van der Waals surface area contributed by atoms with Gasteiger partial charge in [0.05, 0.1) is 6.10 Å². The van der Waals surface area contributed by atoms with Crippen molar-refractivity contribution in [2.24, 2.45) is 0 Å². The summed E-state index contributed by atoms with van der Waals surface area (Å²) in [4.78, 5) is 2.36. The van der Waals surface area contributed by atoms with Gasteiger partial charge in [-0.05, 0) is 48.6 Å². The number of nitrogens with zero attached hydrogens (tertiary/aromatic N) is 1. The standard InChI is InChI=1S/C18H20ClNO/c1-13-12-15(6-7-16(13)19)18(21)9-11-20-10-8-14-4-2-3-5-17(14)20/h2-7,12,18,21H,8-11H2,1H3. The van der Waals surface area contributed by atoms with Gasteiger partial charge in [-0.1, -0.05) is 41.9 Å². The molecule has 110 valence electrons. The second-order valence-electron chi connectivity index (χ2n) is 5.68. The number of aryl methyl sites for hydroxylation is 1. The Balaban J connectivity index is 1.64. The summed E-state index contributed by atoms with van der Waals surface area (Å²) in [5.74, 6) is 0. The van der Waals surface area contributed by atoms with Crippen molar-refractivity contribution in [1.82, 2.24) is 0 Å². The van der Waals surface area contributed by atoms with Crippen molar-refractivity contribution in [3.8, 4) is 0 Å². The van der Waals surface area contributed by atoms with E-state index in [4.69, 9.17) is 11.6 Å². The minimum absolute atomic E-state index is 0.436. The van der Waals surface area contributed by atoms with Gasteiger partial charge in [0.15, 0.2) is 0 Å². The number of aliphatic hydroxyl groups excluding tert-OH is 1. The van der Waals surface area contributed by atoms with Gasteiger partial charge in [0, 0.05) is 23.8 Å². The fourth-order valence-corrected chi connectivity index (χ4v) is 3.08. The molecule has 3 heteroatoms. The maximum Gasteiger partial charge on any atom is 0.0807 e. The molecule has 3 rings (SSSR count). The molecule has 0 spiro atoms. The van der Waals surface area contributed by atoms with Crippen LogP contribution in [0.15, 0.2) is 42.5 Å². The van der Waals surface area contributed by atoms with Crippen LogP contribution in [0.1, 0.15) is 29.2 Å². The number of anilines is 1. The molecule has 2 aromatic rings. The van der Waals surface area contributed by atoms with Crippen molar-refractivity contribution in [2.45, 2.75) is 25.9 Å². The van der Waals surface area contributed by atoms with Crippen LogP contribution in [0, 0.1) is 6.92 Å². The molecule has 0 amide bonds. The van der Waals surface area contributed by atoms with E-state index in [0.717, 1.165) is 42.1 Å². The Bertz CT molecular complexity index is 641. The molecule has 0 saturated carbocycles. The smallest absolute Gasteiger partial charge is 0.0807 e. The van der Waals surface area contributed by atoms with E-state index in [-0.39, 0.29) is 0 Å². The van der Waals surface area contributed by atoms with Gasteiger partial charge < -0.3 is 10.0 Å². The lowest BCUT2D eigenvalue weighted by Crippen LogP contribution is -2.23. The van der Waals surface area contributed by atoms with Gasteiger partial charge in [0.25, 0.3) is 0 Å². The fourth-order valence-electron chi connectivity index (χ4n) is 2.96. The van der Waals surface area contributed by atoms with Crippen LogP contribution in [0.4, 0.5) is 5.69 Å². The molecule has 1 atom stereocenters. The highest BCUT2D eigenvalue weighted by Crippen LogP contribution is 2.29. The van der Waals surface area contributed by atoms with Crippen LogP contribution >= 0.6 is 11.6 Å². The molecule has 0 aliphatic carbocycles. The molecule has 0 bridgehead atoms. The maximum absolute atomic E-state index is 10.4. The first-order valence-electron chi connectivity index (χ1n) is 7.42. The lowest BCUT2D eigenvalue weighted by molar-refractivity contribution is 0.169. The molecule has 1 N–H and O–H groups in total. The number of benzene rings is 2. The molecule has 1 aliphatic heterocycles. The molecular formula is C18H20ClNO. The quantitative estimate of drug-likeness (QED) is 0.917. The Morgan fingerprint density at radius 1 is 1.24 bits per heavy atom. The van der Waals surface area contributed by atoms with Gasteiger partial charge in [-0.25, -0.2) is 0 Å². The van der Waals surface area contributed by atoms with Gasteiger partial charge in [-0.2, -0.15) is 0 Å². The van der Waals surface area contributed by atoms with Crippen molar-refractivity contribution in [1.29, 1.82) is 0 Å². The molecule has 1 unspecified atom stereocenters. The normalized spacial score (nSPS) is 15.1. The van der Waals surface area contributed by atoms with Gasteiger partial charge >= 0.3 is 0 Å². The minimum Gasteiger partial charge on any atom is -0.388 e. The van der Waals surface area contributed by atoms with Crippen LogP contribution < -0.4 is 4.90 Å². The number of hydrogen-bond donors (Lipinski definition) is 1. The van der Waals surface area contributed by atoms with E-state index in [1.54, 1.807) is 0 Å². The number of rotatable bonds is 4. The fraction of sp³-hybridized carbons (Fsp3) is 0.333. The zero-order valence-electron chi connectivity index (χ0n) is 12.2. The summed E-state index contributed by atoms with van der Waals surface area (Å²) in [6.07, 6.45) is 1.40. The summed E-state index contributed by atoms with van der Waals surface area (Å²) >= 11 is 6.03. The van der Waals surface area contributed by atoms with Crippen LogP contribution in [0.25, 0.3) is 0 Å². The Morgan fingerprint density at radius 3 is 2.86 bits per heavy atom. The lowest BCUT2D eigenvalue weighted by Gasteiger charge is -2.21. The summed E-state index contributed by atoms with van der Waals surface area (Å²) in [5.41, 5.74) is 4.69. The Kier molecular flexibility index (Phi) is 4.18. The van der Waals surface area contributed by atoms with Crippen LogP contribution in [-0.2, 0) is 6.42 Å². The Labute approximate surface area is 131 Å². The van der Waals surface area contributed by atoms with Crippen molar-refractivity contribution in [3.05, 3.63) is 64.2 Å². The largest absolute Gasteiger partial charge is 0.388 e. The second kappa shape index (κ2) is 6.08. The Morgan fingerprint density at radius 2 is 2.05 bits per heavy atom. The number of hydrogen-bond acceptors (Lipinski definition) is 2. The highest BCUT2D eigenvalue weighted by atomic mass is 35.5. The first-order chi connectivity index (χ1) is 10.1. The summed E-state index contributed by atoms with van der Waals surface area (Å²) in [5, 5.41) is 11.1. The molecule has 0 radical (unpaired) electrons. The zero-order valence-corrected chi connectivity index (χ0v) is 13.0. The molecule has 1 aliphatic rings. The summed E-state index contributed by atoms with van der Waals surface area (Å²) in [7, 11) is 0. The third-order valence-electron chi connectivity index (χ3n) is 4.22. The van der Waals surface area contributed by atoms with Crippen LogP contribution in [0.5, 0.6) is 0 Å². The Hall–Kier alpha value is -1.51. The van der Waals surface area contributed by atoms with Crippen molar-refractivity contribution >= 4 is 17.3 Å². The average molecular weight is 302 g/mol. The third-order valence-corrected chi connectivity index (χ3v) is 4.65. The predicted octanol–water partition coefficient (Wildman–Crippen LogP) is 4.13. The van der Waals surface area contributed by atoms with Gasteiger partial charge in [-0.15, -0.1) is 0 Å². The van der Waals surface area contributed by atoms with Crippen LogP contribution in [0.2, 0.25) is 5.02 Å². The second-order valence-corrected chi connectivity index (χ2v) is 6.09. The third kappa shape index (κ3) is 3.07. The highest BCUT2D eigenvalue weighted by Gasteiger charge is 2.19.